The molecular weight excluding hydrogens is 445 g/mol. The van der Waals surface area contributed by atoms with Crippen molar-refractivity contribution in [1.82, 2.24) is 10.6 Å². The van der Waals surface area contributed by atoms with Crippen molar-refractivity contribution < 1.29 is 8.42 Å². The maximum atomic E-state index is 12.2. The van der Waals surface area contributed by atoms with E-state index < -0.39 is 9.84 Å². The van der Waals surface area contributed by atoms with Gasteiger partial charge >= 0.3 is 0 Å². The highest BCUT2D eigenvalue weighted by Gasteiger charge is 2.17. The molecule has 0 bridgehead atoms. The van der Waals surface area contributed by atoms with Gasteiger partial charge in [-0.3, -0.25) is 4.99 Å². The number of guanidine groups is 1. The van der Waals surface area contributed by atoms with Crippen molar-refractivity contribution in [3.05, 3.63) is 30.3 Å². The molecule has 8 heteroatoms. The summed E-state index contributed by atoms with van der Waals surface area (Å²) in [5.74, 6) is 0.647. The third kappa shape index (κ3) is 8.25. The van der Waals surface area contributed by atoms with E-state index in [-0.39, 0.29) is 34.5 Å². The van der Waals surface area contributed by atoms with Crippen LogP contribution in [0.2, 0.25) is 0 Å². The number of rotatable bonds is 7. The Morgan fingerprint density at radius 3 is 2.35 bits per heavy atom. The summed E-state index contributed by atoms with van der Waals surface area (Å²) in [5.41, 5.74) is 0. The van der Waals surface area contributed by atoms with Crippen molar-refractivity contribution in [1.29, 1.82) is 0 Å². The van der Waals surface area contributed by atoms with Crippen LogP contribution in [0.4, 0.5) is 0 Å². The van der Waals surface area contributed by atoms with Crippen molar-refractivity contribution in [3.63, 3.8) is 0 Å². The topological polar surface area (TPSA) is 70.6 Å². The van der Waals surface area contributed by atoms with Gasteiger partial charge < -0.3 is 10.6 Å². The van der Waals surface area contributed by atoms with Crippen LogP contribution in [0, 0.1) is 0 Å². The molecule has 0 aliphatic carbocycles. The first kappa shape index (κ1) is 22.5. The van der Waals surface area contributed by atoms with Crippen LogP contribution in [0.25, 0.3) is 0 Å². The maximum absolute atomic E-state index is 12.2. The Bertz CT molecular complexity index is 590. The fourth-order valence-electron chi connectivity index (χ4n) is 1.64. The molecule has 0 heterocycles. The minimum atomic E-state index is -3.26. The summed E-state index contributed by atoms with van der Waals surface area (Å²) in [6.45, 7) is 5.34. The second-order valence-corrected chi connectivity index (χ2v) is 9.07. The number of benzene rings is 1. The molecule has 0 aromatic heterocycles. The van der Waals surface area contributed by atoms with Crippen molar-refractivity contribution in [2.24, 2.45) is 4.99 Å². The third-order valence-electron chi connectivity index (χ3n) is 3.22. The normalized spacial score (nSPS) is 12.4. The second kappa shape index (κ2) is 10.4. The highest BCUT2D eigenvalue weighted by atomic mass is 127. The number of sulfone groups is 1. The average Bonchev–Trinajstić information content (AvgIpc) is 2.51. The van der Waals surface area contributed by atoms with Gasteiger partial charge in [-0.1, -0.05) is 18.2 Å². The number of halogens is 1. The number of nitrogens with one attached hydrogen (secondary N) is 2. The molecule has 23 heavy (non-hydrogen) atoms. The molecule has 0 spiro atoms. The summed E-state index contributed by atoms with van der Waals surface area (Å²) in [4.78, 5) is 4.46. The summed E-state index contributed by atoms with van der Waals surface area (Å²) in [5, 5.41) is 6.25. The van der Waals surface area contributed by atoms with E-state index in [4.69, 9.17) is 0 Å². The van der Waals surface area contributed by atoms with Crippen LogP contribution >= 0.6 is 35.7 Å². The smallest absolute Gasteiger partial charge is 0.191 e. The van der Waals surface area contributed by atoms with Gasteiger partial charge in [-0.25, -0.2) is 8.42 Å². The first-order chi connectivity index (χ1) is 10.3. The Balaban J connectivity index is 0.00000484. The zero-order valence-electron chi connectivity index (χ0n) is 14.0. The molecular formula is C15H26IN3O2S2. The minimum Gasteiger partial charge on any atom is -0.355 e. The van der Waals surface area contributed by atoms with Gasteiger partial charge in [0.1, 0.15) is 0 Å². The van der Waals surface area contributed by atoms with Crippen LogP contribution in [-0.2, 0) is 9.84 Å². The first-order valence-electron chi connectivity index (χ1n) is 7.08. The quantitative estimate of drug-likeness (QED) is 0.363. The van der Waals surface area contributed by atoms with Gasteiger partial charge in [-0.15, -0.1) is 24.0 Å². The predicted octanol–water partition coefficient (Wildman–Crippen LogP) is 2.38. The van der Waals surface area contributed by atoms with Crippen molar-refractivity contribution in [3.8, 4) is 0 Å². The highest BCUT2D eigenvalue weighted by Crippen LogP contribution is 2.19. The maximum Gasteiger partial charge on any atom is 0.191 e. The van der Waals surface area contributed by atoms with E-state index in [2.05, 4.69) is 35.7 Å². The molecule has 0 aliphatic rings. The monoisotopic (exact) mass is 471 g/mol. The minimum absolute atomic E-state index is 0. The summed E-state index contributed by atoms with van der Waals surface area (Å²) in [6.07, 6.45) is 2.06. The summed E-state index contributed by atoms with van der Waals surface area (Å²) < 4.78 is 24.4. The van der Waals surface area contributed by atoms with Gasteiger partial charge in [0.15, 0.2) is 15.8 Å². The zero-order valence-corrected chi connectivity index (χ0v) is 18.0. The van der Waals surface area contributed by atoms with Gasteiger partial charge in [-0.2, -0.15) is 11.8 Å². The van der Waals surface area contributed by atoms with Crippen LogP contribution in [0.3, 0.4) is 0 Å². The van der Waals surface area contributed by atoms with E-state index in [0.29, 0.717) is 17.4 Å². The van der Waals surface area contributed by atoms with E-state index in [1.165, 1.54) is 0 Å². The summed E-state index contributed by atoms with van der Waals surface area (Å²) in [6, 6.07) is 8.49. The second-order valence-electron chi connectivity index (χ2n) is 5.45. The molecule has 0 amide bonds. The summed E-state index contributed by atoms with van der Waals surface area (Å²) >= 11 is 1.76. The van der Waals surface area contributed by atoms with Crippen molar-refractivity contribution >= 4 is 51.5 Å². The number of nitrogens with zero attached hydrogens (tertiary/aromatic N) is 1. The van der Waals surface area contributed by atoms with Crippen LogP contribution in [0.15, 0.2) is 40.2 Å². The van der Waals surface area contributed by atoms with E-state index in [1.807, 2.05) is 0 Å². The van der Waals surface area contributed by atoms with Crippen molar-refractivity contribution in [2.45, 2.75) is 23.5 Å². The van der Waals surface area contributed by atoms with Gasteiger partial charge in [0.05, 0.1) is 10.6 Å². The van der Waals surface area contributed by atoms with Gasteiger partial charge in [0.2, 0.25) is 0 Å². The molecule has 0 fully saturated rings. The van der Waals surface area contributed by atoms with Gasteiger partial charge in [0.25, 0.3) is 0 Å². The lowest BCUT2D eigenvalue weighted by Crippen LogP contribution is -2.44. The fraction of sp³-hybridized carbons (Fsp3) is 0.533. The van der Waals surface area contributed by atoms with Crippen LogP contribution in [0.1, 0.15) is 13.8 Å². The Morgan fingerprint density at radius 1 is 1.22 bits per heavy atom. The number of hydrogen-bond donors (Lipinski definition) is 2. The van der Waals surface area contributed by atoms with Gasteiger partial charge in [0, 0.05) is 24.9 Å². The Hall–Kier alpha value is -0.480. The lowest BCUT2D eigenvalue weighted by molar-refractivity contribution is 0.594. The number of hydrogen-bond acceptors (Lipinski definition) is 4. The SMILES string of the molecule is CN=C(NCCS(=O)(=O)c1ccccc1)NCC(C)(C)SC.I. The molecule has 2 N–H and O–H groups in total. The molecule has 0 aliphatic heterocycles. The van der Waals surface area contributed by atoms with Crippen LogP contribution in [-0.4, -0.2) is 51.3 Å². The fourth-order valence-corrected chi connectivity index (χ4v) is 3.03. The van der Waals surface area contributed by atoms with E-state index in [1.54, 1.807) is 49.1 Å². The largest absolute Gasteiger partial charge is 0.355 e. The van der Waals surface area contributed by atoms with Crippen LogP contribution < -0.4 is 10.6 Å². The van der Waals surface area contributed by atoms with E-state index >= 15 is 0 Å². The standard InChI is InChI=1S/C15H25N3O2S2.HI/c1-15(2,21-4)12-18-14(16-3)17-10-11-22(19,20)13-8-6-5-7-9-13;/h5-9H,10-12H2,1-4H3,(H2,16,17,18);1H. The van der Waals surface area contributed by atoms with Crippen LogP contribution in [0.5, 0.6) is 0 Å². The molecule has 1 rings (SSSR count). The lowest BCUT2D eigenvalue weighted by atomic mass is 10.2. The van der Waals surface area contributed by atoms with E-state index in [9.17, 15) is 8.42 Å². The molecule has 5 nitrogen and oxygen atoms in total. The molecule has 0 atom stereocenters. The number of aliphatic imine (C=N–C) groups is 1. The molecule has 0 radical (unpaired) electrons. The number of thioether (sulfide) groups is 1. The predicted molar refractivity (Wildman–Crippen MR) is 111 cm³/mol. The summed E-state index contributed by atoms with van der Waals surface area (Å²) in [7, 11) is -1.59. The molecule has 0 unspecified atom stereocenters. The highest BCUT2D eigenvalue weighted by molar-refractivity contribution is 14.0. The average molecular weight is 471 g/mol. The van der Waals surface area contributed by atoms with E-state index in [0.717, 1.165) is 6.54 Å². The Labute approximate surface area is 161 Å². The zero-order chi connectivity index (χ0) is 16.6. The first-order valence-corrected chi connectivity index (χ1v) is 9.96. The molecule has 0 saturated heterocycles. The molecule has 1 aromatic rings. The third-order valence-corrected chi connectivity index (χ3v) is 6.20. The Kier molecular flexibility index (Phi) is 10.2. The molecule has 1 aromatic carbocycles. The molecule has 132 valence electrons. The Morgan fingerprint density at radius 2 is 1.83 bits per heavy atom. The van der Waals surface area contributed by atoms with Gasteiger partial charge in [-0.05, 0) is 32.2 Å². The lowest BCUT2D eigenvalue weighted by Gasteiger charge is -2.23. The molecule has 0 saturated carbocycles. The van der Waals surface area contributed by atoms with Crippen molar-refractivity contribution in [2.75, 3.05) is 32.1 Å².